The van der Waals surface area contributed by atoms with Crippen molar-refractivity contribution in [1.29, 1.82) is 0 Å². The summed E-state index contributed by atoms with van der Waals surface area (Å²) in [5.41, 5.74) is 0.710. The normalized spacial score (nSPS) is 11.5. The van der Waals surface area contributed by atoms with Gasteiger partial charge in [-0.1, -0.05) is 46.9 Å². The number of carbonyl (C=O) groups is 1. The lowest BCUT2D eigenvalue weighted by Gasteiger charge is -2.11. The van der Waals surface area contributed by atoms with Crippen LogP contribution in [0.15, 0.2) is 29.2 Å². The number of hydrogen-bond donors (Lipinski definition) is 1. The van der Waals surface area contributed by atoms with Gasteiger partial charge in [0.25, 0.3) is 0 Å². The number of halogens is 4. The fraction of sp³-hybridized carbons (Fsp3) is 0.286. The average molecular weight is 427 g/mol. The van der Waals surface area contributed by atoms with Gasteiger partial charge in [-0.05, 0) is 12.1 Å². The molecule has 0 saturated heterocycles. The van der Waals surface area contributed by atoms with Crippen LogP contribution in [0, 0.1) is 0 Å². The Kier molecular flexibility index (Phi) is 6.95. The predicted octanol–water partition coefficient (Wildman–Crippen LogP) is 4.67. The summed E-state index contributed by atoms with van der Waals surface area (Å²) in [5, 5.41) is 8.65. The molecule has 0 amide bonds. The number of alkyl halides is 4. The van der Waals surface area contributed by atoms with Crippen LogP contribution in [0.3, 0.4) is 0 Å². The van der Waals surface area contributed by atoms with Crippen LogP contribution in [0.5, 0.6) is 0 Å². The maximum Gasteiger partial charge on any atom is 0.304 e. The first kappa shape index (κ1) is 19.5. The zero-order valence-electron chi connectivity index (χ0n) is 12.0. The molecule has 1 aromatic carbocycles. The van der Waals surface area contributed by atoms with E-state index >= 15 is 0 Å². The molecule has 0 aliphatic rings. The number of aromatic nitrogens is 3. The van der Waals surface area contributed by atoms with Gasteiger partial charge in [-0.25, -0.2) is 15.0 Å². The summed E-state index contributed by atoms with van der Waals surface area (Å²) in [4.78, 5) is 23.9. The molecule has 10 heteroatoms. The Morgan fingerprint density at radius 3 is 2.33 bits per heavy atom. The molecule has 1 N–H and O–H groups in total. The number of aliphatic carboxylic acids is 1. The van der Waals surface area contributed by atoms with Crippen molar-refractivity contribution in [2.45, 2.75) is 21.0 Å². The lowest BCUT2D eigenvalue weighted by Crippen LogP contribution is -2.11. The van der Waals surface area contributed by atoms with E-state index in [9.17, 15) is 4.79 Å². The Balaban J connectivity index is 2.23. The predicted molar refractivity (Wildman–Crippen MR) is 97.0 cm³/mol. The molecule has 2 aromatic rings. The number of carboxylic acids is 1. The number of rotatable bonds is 6. The van der Waals surface area contributed by atoms with Gasteiger partial charge in [0.05, 0.1) is 12.3 Å². The van der Waals surface area contributed by atoms with E-state index in [0.717, 1.165) is 4.90 Å². The van der Waals surface area contributed by atoms with Crippen molar-refractivity contribution in [3.8, 4) is 11.4 Å². The summed E-state index contributed by atoms with van der Waals surface area (Å²) in [6, 6.07) is 7.30. The van der Waals surface area contributed by atoms with E-state index in [4.69, 9.17) is 51.5 Å². The molecule has 1 aromatic heterocycles. The molecular formula is C14H11Cl4N3O2S. The molecule has 0 unspecified atom stereocenters. The van der Waals surface area contributed by atoms with Gasteiger partial charge >= 0.3 is 5.97 Å². The van der Waals surface area contributed by atoms with E-state index in [2.05, 4.69) is 15.0 Å². The highest BCUT2D eigenvalue weighted by atomic mass is 35.6. The minimum absolute atomic E-state index is 0.00746. The van der Waals surface area contributed by atoms with Crippen molar-refractivity contribution in [2.24, 2.45) is 0 Å². The highest BCUT2D eigenvalue weighted by molar-refractivity contribution is 7.99. The molecule has 128 valence electrons. The molecule has 2 rings (SSSR count). The Hall–Kier alpha value is -0.790. The molecule has 1 heterocycles. The molecule has 0 fully saturated rings. The molecule has 5 nitrogen and oxygen atoms in total. The fourth-order valence-electron chi connectivity index (χ4n) is 1.69. The van der Waals surface area contributed by atoms with E-state index in [1.54, 1.807) is 12.1 Å². The van der Waals surface area contributed by atoms with Gasteiger partial charge in [-0.3, -0.25) is 4.79 Å². The van der Waals surface area contributed by atoms with E-state index in [0.29, 0.717) is 23.0 Å². The molecule has 0 aliphatic carbocycles. The van der Waals surface area contributed by atoms with Crippen molar-refractivity contribution in [3.63, 3.8) is 0 Å². The van der Waals surface area contributed by atoms with E-state index in [1.165, 1.54) is 11.8 Å². The summed E-state index contributed by atoms with van der Waals surface area (Å²) in [6.45, 7) is 0. The minimum Gasteiger partial charge on any atom is -0.481 e. The van der Waals surface area contributed by atoms with Crippen molar-refractivity contribution in [2.75, 3.05) is 5.75 Å². The van der Waals surface area contributed by atoms with Gasteiger partial charge in [0.15, 0.2) is 11.6 Å². The van der Waals surface area contributed by atoms with E-state index < -0.39 is 9.76 Å². The van der Waals surface area contributed by atoms with Gasteiger partial charge in [-0.2, -0.15) is 0 Å². The van der Waals surface area contributed by atoms with Crippen molar-refractivity contribution >= 4 is 64.1 Å². The maximum atomic E-state index is 10.5. The average Bonchev–Trinajstić information content (AvgIpc) is 2.54. The summed E-state index contributed by atoms with van der Waals surface area (Å²) >= 11 is 24.7. The van der Waals surface area contributed by atoms with E-state index in [-0.39, 0.29) is 18.1 Å². The lowest BCUT2D eigenvalue weighted by molar-refractivity contribution is -0.136. The number of benzene rings is 1. The fourth-order valence-corrected chi connectivity index (χ4v) is 2.91. The summed E-state index contributed by atoms with van der Waals surface area (Å²) in [6.07, 6.45) is 0.103. The summed E-state index contributed by atoms with van der Waals surface area (Å²) < 4.78 is -1.77. The molecule has 24 heavy (non-hydrogen) atoms. The third-order valence-electron chi connectivity index (χ3n) is 2.75. The number of hydrogen-bond acceptors (Lipinski definition) is 5. The van der Waals surface area contributed by atoms with Crippen LogP contribution in [-0.4, -0.2) is 31.8 Å². The monoisotopic (exact) mass is 425 g/mol. The van der Waals surface area contributed by atoms with Gasteiger partial charge < -0.3 is 5.11 Å². The molecule has 0 atom stereocenters. The first-order valence-corrected chi connectivity index (χ1v) is 9.28. The Labute approximate surface area is 162 Å². The van der Waals surface area contributed by atoms with Crippen LogP contribution in [0.2, 0.25) is 0 Å². The first-order valence-electron chi connectivity index (χ1n) is 6.62. The van der Waals surface area contributed by atoms with Crippen LogP contribution in [-0.2, 0) is 14.5 Å². The van der Waals surface area contributed by atoms with E-state index in [1.807, 2.05) is 12.1 Å². The number of nitrogens with zero attached hydrogens (tertiary/aromatic N) is 3. The standard InChI is InChI=1S/C14H11Cl4N3O2S/c15-7-10-19-12(21-13(20-10)14(16,17)18)8-1-3-9(4-2-8)24-6-5-11(22)23/h1-4H,5-7H2,(H,22,23). The third-order valence-corrected chi connectivity index (χ3v) is 4.51. The SMILES string of the molecule is O=C(O)CCSc1ccc(-c2nc(CCl)nc(C(Cl)(Cl)Cl)n2)cc1. The summed E-state index contributed by atoms with van der Waals surface area (Å²) in [7, 11) is 0. The zero-order valence-corrected chi connectivity index (χ0v) is 15.9. The van der Waals surface area contributed by atoms with Gasteiger partial charge in [0.1, 0.15) is 5.82 Å². The maximum absolute atomic E-state index is 10.5. The van der Waals surface area contributed by atoms with Crippen LogP contribution in [0.4, 0.5) is 0 Å². The largest absolute Gasteiger partial charge is 0.481 e. The van der Waals surface area contributed by atoms with Crippen LogP contribution in [0.25, 0.3) is 11.4 Å². The third kappa shape index (κ3) is 5.63. The quantitative estimate of drug-likeness (QED) is 0.534. The second-order valence-electron chi connectivity index (χ2n) is 4.55. The highest BCUT2D eigenvalue weighted by Crippen LogP contribution is 2.36. The lowest BCUT2D eigenvalue weighted by atomic mass is 10.2. The molecular weight excluding hydrogens is 416 g/mol. The Morgan fingerprint density at radius 1 is 1.12 bits per heavy atom. The topological polar surface area (TPSA) is 76.0 Å². The number of thioether (sulfide) groups is 1. The van der Waals surface area contributed by atoms with Crippen LogP contribution >= 0.6 is 58.2 Å². The zero-order chi connectivity index (χ0) is 17.7. The minimum atomic E-state index is -1.77. The smallest absolute Gasteiger partial charge is 0.304 e. The highest BCUT2D eigenvalue weighted by Gasteiger charge is 2.28. The first-order chi connectivity index (χ1) is 11.3. The molecule has 0 saturated carbocycles. The van der Waals surface area contributed by atoms with Crippen molar-refractivity contribution < 1.29 is 9.90 Å². The number of carboxylic acid groups (broad SMARTS) is 1. The molecule has 0 aliphatic heterocycles. The van der Waals surface area contributed by atoms with Crippen LogP contribution in [0.1, 0.15) is 18.1 Å². The second kappa shape index (κ2) is 8.54. The van der Waals surface area contributed by atoms with Crippen LogP contribution < -0.4 is 0 Å². The molecule has 0 radical (unpaired) electrons. The van der Waals surface area contributed by atoms with Crippen molar-refractivity contribution in [1.82, 2.24) is 15.0 Å². The second-order valence-corrected chi connectivity index (χ2v) is 8.26. The Morgan fingerprint density at radius 2 is 1.79 bits per heavy atom. The van der Waals surface area contributed by atoms with Crippen molar-refractivity contribution in [3.05, 3.63) is 35.9 Å². The Bertz CT molecular complexity index is 723. The van der Waals surface area contributed by atoms with Gasteiger partial charge in [-0.15, -0.1) is 23.4 Å². The summed E-state index contributed by atoms with van der Waals surface area (Å²) in [5.74, 6) is 0.401. The molecule has 0 spiro atoms. The van der Waals surface area contributed by atoms with Gasteiger partial charge in [0.2, 0.25) is 3.79 Å². The van der Waals surface area contributed by atoms with Gasteiger partial charge in [0, 0.05) is 16.2 Å². The molecule has 0 bridgehead atoms.